The van der Waals surface area contributed by atoms with Crippen LogP contribution in [0.5, 0.6) is 0 Å². The van der Waals surface area contributed by atoms with Gasteiger partial charge in [0.2, 0.25) is 11.8 Å². The van der Waals surface area contributed by atoms with Gasteiger partial charge in [-0.2, -0.15) is 0 Å². The molecule has 0 saturated heterocycles. The molecule has 0 spiro atoms. The zero-order valence-electron chi connectivity index (χ0n) is 28.7. The number of amides is 3. The number of carbonyl (C=O) groups excluding carboxylic acids is 3. The molecule has 0 aliphatic heterocycles. The first kappa shape index (κ1) is 37.0. The molecule has 1 saturated carbocycles. The fourth-order valence-electron chi connectivity index (χ4n) is 5.42. The first-order chi connectivity index (χ1) is 21.4. The molecule has 2 aromatic rings. The maximum absolute atomic E-state index is 14.2. The van der Waals surface area contributed by atoms with Crippen molar-refractivity contribution in [1.82, 2.24) is 20.9 Å². The normalized spacial score (nSPS) is 16.2. The van der Waals surface area contributed by atoms with Gasteiger partial charge in [-0.1, -0.05) is 77.1 Å². The fourth-order valence-corrected chi connectivity index (χ4v) is 5.42. The van der Waals surface area contributed by atoms with E-state index in [4.69, 9.17) is 4.74 Å². The second kappa shape index (κ2) is 15.4. The van der Waals surface area contributed by atoms with Crippen molar-refractivity contribution in [3.63, 3.8) is 0 Å². The molecule has 9 nitrogen and oxygen atoms in total. The highest BCUT2D eigenvalue weighted by Gasteiger charge is 2.53. The van der Waals surface area contributed by atoms with E-state index in [1.807, 2.05) is 51.1 Å². The van der Waals surface area contributed by atoms with Crippen molar-refractivity contribution in [1.29, 1.82) is 0 Å². The molecule has 10 heteroatoms. The van der Waals surface area contributed by atoms with Gasteiger partial charge in [-0.05, 0) is 81.2 Å². The van der Waals surface area contributed by atoms with E-state index in [1.165, 1.54) is 17.0 Å². The second-order valence-corrected chi connectivity index (χ2v) is 14.9. The lowest BCUT2D eigenvalue weighted by molar-refractivity contribution is -0.133. The minimum absolute atomic E-state index is 0.287. The van der Waals surface area contributed by atoms with Gasteiger partial charge in [0.05, 0.1) is 17.7 Å². The Kier molecular flexibility index (Phi) is 12.4. The molecule has 254 valence electrons. The van der Waals surface area contributed by atoms with E-state index in [2.05, 4.69) is 29.8 Å². The first-order valence-corrected chi connectivity index (χ1v) is 16.2. The van der Waals surface area contributed by atoms with Crippen molar-refractivity contribution < 1.29 is 28.6 Å². The monoisotopic (exact) mass is 640 g/mol. The number of halogens is 1. The number of aliphatic hydroxyl groups is 1. The standard InChI is InChI=1S/C36H53FN4O5/c1-24(2)21-38-22-29(42)28(19-25-13-10-9-11-14-25)39-32(44)31(34(3,4)5)40-30(43)23-41(33(45)46-35(6,7)8)36(17-18-36)26-15-12-16-27(37)20-26/h9-16,20,24,28-29,31,38,42H,17-19,21-23H2,1-8H3,(H,39,44)(H,40,43)/t28-,29+,31+/m0/s1. The molecule has 0 aromatic heterocycles. The Morgan fingerprint density at radius 1 is 0.957 bits per heavy atom. The minimum atomic E-state index is -0.987. The molecule has 46 heavy (non-hydrogen) atoms. The van der Waals surface area contributed by atoms with Gasteiger partial charge < -0.3 is 25.8 Å². The third-order valence-corrected chi connectivity index (χ3v) is 7.95. The van der Waals surface area contributed by atoms with Crippen LogP contribution in [-0.4, -0.2) is 71.3 Å². The van der Waals surface area contributed by atoms with E-state index in [0.717, 1.165) is 12.1 Å². The lowest BCUT2D eigenvalue weighted by Crippen LogP contribution is -2.60. The number of benzene rings is 2. The molecule has 3 rings (SSSR count). The quantitative estimate of drug-likeness (QED) is 0.233. The molecule has 0 heterocycles. The van der Waals surface area contributed by atoms with Crippen LogP contribution in [0.2, 0.25) is 0 Å². The number of aliphatic hydroxyl groups excluding tert-OH is 1. The average molecular weight is 641 g/mol. The molecule has 3 amide bonds. The van der Waals surface area contributed by atoms with Crippen LogP contribution in [-0.2, 0) is 26.3 Å². The van der Waals surface area contributed by atoms with Crippen molar-refractivity contribution in [2.75, 3.05) is 19.6 Å². The number of rotatable bonds is 14. The van der Waals surface area contributed by atoms with E-state index in [9.17, 15) is 23.9 Å². The van der Waals surface area contributed by atoms with Gasteiger partial charge in [0.25, 0.3) is 0 Å². The maximum atomic E-state index is 14.2. The maximum Gasteiger partial charge on any atom is 0.411 e. The summed E-state index contributed by atoms with van der Waals surface area (Å²) in [6.45, 7) is 15.5. The molecule has 3 atom stereocenters. The third kappa shape index (κ3) is 10.8. The Bertz CT molecular complexity index is 1320. The van der Waals surface area contributed by atoms with Gasteiger partial charge >= 0.3 is 6.09 Å². The van der Waals surface area contributed by atoms with Gasteiger partial charge in [0, 0.05) is 6.54 Å². The zero-order valence-corrected chi connectivity index (χ0v) is 28.7. The van der Waals surface area contributed by atoms with Gasteiger partial charge in [-0.3, -0.25) is 14.5 Å². The molecular formula is C36H53FN4O5. The molecule has 0 unspecified atom stereocenters. The molecule has 0 bridgehead atoms. The number of carbonyl (C=O) groups is 3. The van der Waals surface area contributed by atoms with Crippen LogP contribution in [0.25, 0.3) is 0 Å². The zero-order chi connectivity index (χ0) is 34.3. The van der Waals surface area contributed by atoms with Crippen LogP contribution in [0.4, 0.5) is 9.18 Å². The lowest BCUT2D eigenvalue weighted by Gasteiger charge is -2.36. The fraction of sp³-hybridized carbons (Fsp3) is 0.583. The SMILES string of the molecule is CC(C)CNC[C@@H](O)[C@H](Cc1ccccc1)NC(=O)[C@@H](NC(=O)CN(C(=O)OC(C)(C)C)C1(c2cccc(F)c2)CC1)C(C)(C)C. The predicted molar refractivity (Wildman–Crippen MR) is 177 cm³/mol. The van der Waals surface area contributed by atoms with Crippen molar-refractivity contribution in [2.24, 2.45) is 11.3 Å². The minimum Gasteiger partial charge on any atom is -0.444 e. The van der Waals surface area contributed by atoms with E-state index in [0.29, 0.717) is 30.7 Å². The molecule has 0 radical (unpaired) electrons. The molecule has 1 aliphatic rings. The Balaban J connectivity index is 1.83. The van der Waals surface area contributed by atoms with Gasteiger partial charge in [-0.15, -0.1) is 0 Å². The summed E-state index contributed by atoms with van der Waals surface area (Å²) in [6.07, 6.45) is -0.111. The molecule has 4 N–H and O–H groups in total. The van der Waals surface area contributed by atoms with Crippen molar-refractivity contribution in [3.8, 4) is 0 Å². The molecular weight excluding hydrogens is 587 g/mol. The number of nitrogens with zero attached hydrogens (tertiary/aromatic N) is 1. The number of ether oxygens (including phenoxy) is 1. The molecule has 2 aromatic carbocycles. The van der Waals surface area contributed by atoms with Crippen LogP contribution in [0.3, 0.4) is 0 Å². The smallest absolute Gasteiger partial charge is 0.411 e. The number of nitrogens with one attached hydrogen (secondary N) is 3. The van der Waals surface area contributed by atoms with E-state index >= 15 is 0 Å². The highest BCUT2D eigenvalue weighted by Crippen LogP contribution is 2.51. The van der Waals surface area contributed by atoms with Crippen LogP contribution in [0, 0.1) is 17.2 Å². The Hall–Kier alpha value is -3.50. The summed E-state index contributed by atoms with van der Waals surface area (Å²) in [5, 5.41) is 20.3. The van der Waals surface area contributed by atoms with E-state index in [-0.39, 0.29) is 13.1 Å². The second-order valence-electron chi connectivity index (χ2n) is 14.9. The highest BCUT2D eigenvalue weighted by atomic mass is 19.1. The summed E-state index contributed by atoms with van der Waals surface area (Å²) in [4.78, 5) is 42.4. The summed E-state index contributed by atoms with van der Waals surface area (Å²) >= 11 is 0. The number of hydrogen-bond donors (Lipinski definition) is 4. The molecule has 1 fully saturated rings. The van der Waals surface area contributed by atoms with Gasteiger partial charge in [-0.25, -0.2) is 9.18 Å². The van der Waals surface area contributed by atoms with Gasteiger partial charge in [0.1, 0.15) is 24.0 Å². The van der Waals surface area contributed by atoms with Crippen LogP contribution in [0.15, 0.2) is 54.6 Å². The Labute approximate surface area is 273 Å². The summed E-state index contributed by atoms with van der Waals surface area (Å²) in [5.74, 6) is -1.04. The summed E-state index contributed by atoms with van der Waals surface area (Å²) in [7, 11) is 0. The van der Waals surface area contributed by atoms with Crippen LogP contribution < -0.4 is 16.0 Å². The summed E-state index contributed by atoms with van der Waals surface area (Å²) < 4.78 is 19.9. The predicted octanol–water partition coefficient (Wildman–Crippen LogP) is 4.92. The topological polar surface area (TPSA) is 120 Å². The van der Waals surface area contributed by atoms with E-state index in [1.54, 1.807) is 32.9 Å². The van der Waals surface area contributed by atoms with Gasteiger partial charge in [0.15, 0.2) is 0 Å². The largest absolute Gasteiger partial charge is 0.444 e. The highest BCUT2D eigenvalue weighted by molar-refractivity contribution is 5.90. The lowest BCUT2D eigenvalue weighted by atomic mass is 9.85. The number of hydrogen-bond acceptors (Lipinski definition) is 6. The van der Waals surface area contributed by atoms with Crippen molar-refractivity contribution >= 4 is 17.9 Å². The van der Waals surface area contributed by atoms with Crippen molar-refractivity contribution in [2.45, 2.75) is 104 Å². The Morgan fingerprint density at radius 3 is 2.15 bits per heavy atom. The van der Waals surface area contributed by atoms with E-state index < -0.39 is 58.5 Å². The van der Waals surface area contributed by atoms with Crippen molar-refractivity contribution in [3.05, 3.63) is 71.5 Å². The molecule has 1 aliphatic carbocycles. The third-order valence-electron chi connectivity index (χ3n) is 7.95. The Morgan fingerprint density at radius 2 is 1.61 bits per heavy atom. The van der Waals surface area contributed by atoms with Crippen LogP contribution in [0.1, 0.15) is 79.4 Å². The first-order valence-electron chi connectivity index (χ1n) is 16.2. The average Bonchev–Trinajstić information content (AvgIpc) is 3.75. The van der Waals surface area contributed by atoms with Crippen LogP contribution >= 0.6 is 0 Å². The summed E-state index contributed by atoms with van der Waals surface area (Å²) in [6, 6.07) is 14.0. The summed E-state index contributed by atoms with van der Waals surface area (Å²) in [5.41, 5.74) is -0.896.